The van der Waals surface area contributed by atoms with E-state index in [4.69, 9.17) is 17.0 Å². The summed E-state index contributed by atoms with van der Waals surface area (Å²) in [7, 11) is -3.04. The largest absolute Gasteiger partial charge is 0.494 e. The van der Waals surface area contributed by atoms with Crippen LogP contribution < -0.4 is 10.1 Å². The molecule has 0 bridgehead atoms. The quantitative estimate of drug-likeness (QED) is 0.548. The van der Waals surface area contributed by atoms with Gasteiger partial charge in [0.15, 0.2) is 14.9 Å². The molecular formula is C24H26N2O3S2. The Morgan fingerprint density at radius 2 is 1.84 bits per heavy atom. The van der Waals surface area contributed by atoms with E-state index in [1.165, 1.54) is 0 Å². The monoisotopic (exact) mass is 454 g/mol. The van der Waals surface area contributed by atoms with Gasteiger partial charge in [0.25, 0.3) is 0 Å². The molecule has 1 saturated heterocycles. The zero-order valence-electron chi connectivity index (χ0n) is 17.5. The molecule has 7 heteroatoms. The number of rotatable bonds is 6. The molecule has 1 aliphatic heterocycles. The van der Waals surface area contributed by atoms with Crippen molar-refractivity contribution in [1.29, 1.82) is 0 Å². The van der Waals surface area contributed by atoms with Gasteiger partial charge in [-0.1, -0.05) is 42.5 Å². The van der Waals surface area contributed by atoms with Crippen LogP contribution in [0.4, 0.5) is 5.69 Å². The van der Waals surface area contributed by atoms with E-state index < -0.39 is 9.84 Å². The molecule has 31 heavy (non-hydrogen) atoms. The van der Waals surface area contributed by atoms with Crippen molar-refractivity contribution in [3.05, 3.63) is 72.3 Å². The number of ether oxygens (including phenoxy) is 1. The van der Waals surface area contributed by atoms with E-state index in [1.54, 1.807) is 0 Å². The van der Waals surface area contributed by atoms with E-state index in [2.05, 4.69) is 29.6 Å². The van der Waals surface area contributed by atoms with Gasteiger partial charge in [0.2, 0.25) is 0 Å². The third-order valence-electron chi connectivity index (χ3n) is 5.55. The van der Waals surface area contributed by atoms with Gasteiger partial charge in [-0.25, -0.2) is 8.42 Å². The van der Waals surface area contributed by atoms with Gasteiger partial charge < -0.3 is 15.0 Å². The summed E-state index contributed by atoms with van der Waals surface area (Å²) in [6.07, 6.45) is 0.582. The van der Waals surface area contributed by atoms with Gasteiger partial charge in [0, 0.05) is 18.3 Å². The second-order valence-electron chi connectivity index (χ2n) is 7.71. The second-order valence-corrected chi connectivity index (χ2v) is 10.3. The first-order chi connectivity index (χ1) is 14.9. The first-order valence-electron chi connectivity index (χ1n) is 10.4. The van der Waals surface area contributed by atoms with E-state index >= 15 is 0 Å². The lowest BCUT2D eigenvalue weighted by Gasteiger charge is -2.31. The highest BCUT2D eigenvalue weighted by atomic mass is 32.2. The Morgan fingerprint density at radius 3 is 2.55 bits per heavy atom. The summed E-state index contributed by atoms with van der Waals surface area (Å²) in [5, 5.41) is 6.13. The Morgan fingerprint density at radius 1 is 1.10 bits per heavy atom. The molecule has 0 radical (unpaired) electrons. The molecular weight excluding hydrogens is 428 g/mol. The van der Waals surface area contributed by atoms with Crippen molar-refractivity contribution in [3.63, 3.8) is 0 Å². The minimum absolute atomic E-state index is 0.128. The van der Waals surface area contributed by atoms with Crippen molar-refractivity contribution in [3.8, 4) is 5.75 Å². The maximum Gasteiger partial charge on any atom is 0.174 e. The lowest BCUT2D eigenvalue weighted by Crippen LogP contribution is -2.43. The molecule has 0 amide bonds. The Kier molecular flexibility index (Phi) is 6.43. The number of nitrogens with one attached hydrogen (secondary N) is 1. The van der Waals surface area contributed by atoms with Gasteiger partial charge >= 0.3 is 0 Å². The Balaban J connectivity index is 1.60. The number of benzene rings is 3. The molecule has 0 spiro atoms. The first kappa shape index (κ1) is 21.6. The summed E-state index contributed by atoms with van der Waals surface area (Å²) in [4.78, 5) is 2.03. The van der Waals surface area contributed by atoms with E-state index in [0.29, 0.717) is 24.7 Å². The van der Waals surface area contributed by atoms with Gasteiger partial charge in [-0.15, -0.1) is 0 Å². The predicted octanol–water partition coefficient (Wildman–Crippen LogP) is 4.62. The molecule has 162 valence electrons. The van der Waals surface area contributed by atoms with Crippen LogP contribution in [0.2, 0.25) is 0 Å². The molecule has 0 aliphatic carbocycles. The van der Waals surface area contributed by atoms with E-state index in [1.807, 2.05) is 54.3 Å². The fraction of sp³-hybridized carbons (Fsp3) is 0.292. The molecule has 3 aromatic carbocycles. The molecule has 1 aliphatic rings. The van der Waals surface area contributed by atoms with Crippen molar-refractivity contribution in [1.82, 2.24) is 4.90 Å². The minimum atomic E-state index is -3.04. The number of hydrogen-bond donors (Lipinski definition) is 1. The van der Waals surface area contributed by atoms with Crippen LogP contribution in [0.5, 0.6) is 5.75 Å². The fourth-order valence-corrected chi connectivity index (χ4v) is 6.06. The van der Waals surface area contributed by atoms with Gasteiger partial charge in [0.05, 0.1) is 18.1 Å². The van der Waals surface area contributed by atoms with Crippen LogP contribution >= 0.6 is 12.2 Å². The lowest BCUT2D eigenvalue weighted by atomic mass is 10.0. The number of fused-ring (bicyclic) bond motifs is 1. The molecule has 1 atom stereocenters. The summed E-state index contributed by atoms with van der Waals surface area (Å²) < 4.78 is 29.9. The van der Waals surface area contributed by atoms with Crippen LogP contribution in [0, 0.1) is 0 Å². The summed E-state index contributed by atoms with van der Waals surface area (Å²) in [5.74, 6) is 1.13. The van der Waals surface area contributed by atoms with Crippen LogP contribution in [-0.2, 0) is 16.4 Å². The minimum Gasteiger partial charge on any atom is -0.494 e. The molecule has 1 unspecified atom stereocenters. The Hall–Kier alpha value is -2.64. The van der Waals surface area contributed by atoms with Crippen LogP contribution in [-0.4, -0.2) is 42.6 Å². The molecule has 4 rings (SSSR count). The normalized spacial score (nSPS) is 17.4. The Bertz CT molecular complexity index is 1170. The van der Waals surface area contributed by atoms with E-state index in [0.717, 1.165) is 27.8 Å². The summed E-state index contributed by atoms with van der Waals surface area (Å²) >= 11 is 5.76. The summed E-state index contributed by atoms with van der Waals surface area (Å²) in [6.45, 7) is 3.10. The van der Waals surface area contributed by atoms with Crippen LogP contribution in [0.15, 0.2) is 66.7 Å². The first-order valence-corrected chi connectivity index (χ1v) is 12.7. The van der Waals surface area contributed by atoms with Crippen LogP contribution in [0.1, 0.15) is 18.9 Å². The highest BCUT2D eigenvalue weighted by Crippen LogP contribution is 2.25. The molecule has 1 N–H and O–H groups in total. The van der Waals surface area contributed by atoms with Gasteiger partial charge in [-0.2, -0.15) is 0 Å². The van der Waals surface area contributed by atoms with Crippen molar-refractivity contribution in [2.45, 2.75) is 25.9 Å². The van der Waals surface area contributed by atoms with Gasteiger partial charge in [-0.05, 0) is 66.2 Å². The van der Waals surface area contributed by atoms with Crippen LogP contribution in [0.3, 0.4) is 0 Å². The summed E-state index contributed by atoms with van der Waals surface area (Å²) in [5.41, 5.74) is 1.97. The molecule has 0 saturated carbocycles. The fourth-order valence-electron chi connectivity index (χ4n) is 4.00. The Labute approximate surface area is 188 Å². The molecule has 1 fully saturated rings. The number of anilines is 1. The van der Waals surface area contributed by atoms with E-state index in [9.17, 15) is 8.42 Å². The van der Waals surface area contributed by atoms with Crippen LogP contribution in [0.25, 0.3) is 10.8 Å². The van der Waals surface area contributed by atoms with Crippen molar-refractivity contribution < 1.29 is 13.2 Å². The molecule has 1 heterocycles. The molecule has 5 nitrogen and oxygen atoms in total. The zero-order valence-corrected chi connectivity index (χ0v) is 19.1. The number of thiocarbonyl (C=S) groups is 1. The summed E-state index contributed by atoms with van der Waals surface area (Å²) in [6, 6.07) is 21.9. The predicted molar refractivity (Wildman–Crippen MR) is 130 cm³/mol. The third kappa shape index (κ3) is 5.17. The average molecular weight is 455 g/mol. The smallest absolute Gasteiger partial charge is 0.174 e. The topological polar surface area (TPSA) is 58.6 Å². The van der Waals surface area contributed by atoms with E-state index in [-0.39, 0.29) is 17.5 Å². The maximum atomic E-state index is 12.2. The lowest BCUT2D eigenvalue weighted by molar-refractivity contribution is 0.333. The third-order valence-corrected chi connectivity index (χ3v) is 7.63. The average Bonchev–Trinajstić information content (AvgIpc) is 3.13. The van der Waals surface area contributed by atoms with Crippen molar-refractivity contribution in [2.24, 2.45) is 0 Å². The highest BCUT2D eigenvalue weighted by Gasteiger charge is 2.33. The molecule has 3 aromatic rings. The molecule has 0 aromatic heterocycles. The number of nitrogens with zero attached hydrogens (tertiary/aromatic N) is 1. The van der Waals surface area contributed by atoms with Gasteiger partial charge in [0.1, 0.15) is 5.75 Å². The maximum absolute atomic E-state index is 12.2. The SMILES string of the molecule is CCOc1ccc(NC(=S)N(Cc2cccc3ccccc23)C2CCS(=O)(=O)C2)cc1. The van der Waals surface area contributed by atoms with Crippen molar-refractivity contribution >= 4 is 43.6 Å². The van der Waals surface area contributed by atoms with Crippen molar-refractivity contribution in [2.75, 3.05) is 23.4 Å². The number of hydrogen-bond acceptors (Lipinski definition) is 4. The second kappa shape index (κ2) is 9.24. The van der Waals surface area contributed by atoms with Gasteiger partial charge in [-0.3, -0.25) is 0 Å². The number of sulfone groups is 1. The highest BCUT2D eigenvalue weighted by molar-refractivity contribution is 7.91. The standard InChI is InChI=1S/C24H26N2O3S2/c1-2-29-22-12-10-20(11-13-22)25-24(30)26(21-14-15-31(27,28)17-21)16-19-8-5-7-18-6-3-4-9-23(18)19/h3-13,21H,2,14-17H2,1H3,(H,25,30). The zero-order chi connectivity index (χ0) is 21.8.